The van der Waals surface area contributed by atoms with Crippen LogP contribution in [-0.4, -0.2) is 10.8 Å². The van der Waals surface area contributed by atoms with Gasteiger partial charge in [-0.3, -0.25) is 5.41 Å². The lowest BCUT2D eigenvalue weighted by Crippen LogP contribution is -2.13. The molecule has 18 heavy (non-hydrogen) atoms. The van der Waals surface area contributed by atoms with Crippen LogP contribution in [0.4, 0.5) is 0 Å². The van der Waals surface area contributed by atoms with Crippen molar-refractivity contribution in [2.75, 3.05) is 0 Å². The molecule has 0 aliphatic carbocycles. The van der Waals surface area contributed by atoms with Crippen molar-refractivity contribution in [1.29, 1.82) is 5.41 Å². The summed E-state index contributed by atoms with van der Waals surface area (Å²) in [7, 11) is 0. The van der Waals surface area contributed by atoms with Crippen LogP contribution in [0.15, 0.2) is 36.4 Å². The Morgan fingerprint density at radius 2 is 2.00 bits per heavy atom. The molecule has 0 spiro atoms. The van der Waals surface area contributed by atoms with Gasteiger partial charge in [-0.25, -0.2) is 4.98 Å². The summed E-state index contributed by atoms with van der Waals surface area (Å²) in [6.45, 7) is 0. The highest BCUT2D eigenvalue weighted by Gasteiger charge is 2.06. The molecule has 1 heterocycles. The van der Waals surface area contributed by atoms with Crippen molar-refractivity contribution in [3.8, 4) is 11.6 Å². The highest BCUT2D eigenvalue weighted by molar-refractivity contribution is 6.35. The standard InChI is InChI=1S/C12H9Cl2N3O/c13-7-4-5-10(8(14)6-7)18-11-3-1-2-9(17-11)12(15)16/h1-6H,(H3,15,16). The summed E-state index contributed by atoms with van der Waals surface area (Å²) in [5.41, 5.74) is 5.69. The summed E-state index contributed by atoms with van der Waals surface area (Å²) in [4.78, 5) is 4.07. The lowest BCUT2D eigenvalue weighted by atomic mass is 10.3. The Morgan fingerprint density at radius 1 is 1.22 bits per heavy atom. The van der Waals surface area contributed by atoms with Gasteiger partial charge >= 0.3 is 0 Å². The lowest BCUT2D eigenvalue weighted by Gasteiger charge is -2.07. The molecule has 1 aromatic carbocycles. The summed E-state index contributed by atoms with van der Waals surface area (Å²) in [5.74, 6) is 0.629. The van der Waals surface area contributed by atoms with Gasteiger partial charge in [0.05, 0.1) is 5.02 Å². The molecule has 0 saturated heterocycles. The smallest absolute Gasteiger partial charge is 0.219 e. The topological polar surface area (TPSA) is 72.0 Å². The SMILES string of the molecule is N=C(N)c1cccc(Oc2ccc(Cl)cc2Cl)n1. The number of nitrogen functional groups attached to an aromatic ring is 1. The number of nitrogens with zero attached hydrogens (tertiary/aromatic N) is 1. The molecule has 2 aromatic rings. The van der Waals surface area contributed by atoms with Crippen LogP contribution < -0.4 is 10.5 Å². The molecule has 2 rings (SSSR count). The Bertz CT molecular complexity index is 602. The molecule has 92 valence electrons. The molecule has 0 fully saturated rings. The largest absolute Gasteiger partial charge is 0.437 e. The van der Waals surface area contributed by atoms with E-state index in [9.17, 15) is 0 Å². The van der Waals surface area contributed by atoms with E-state index in [1.54, 1.807) is 36.4 Å². The fourth-order valence-corrected chi connectivity index (χ4v) is 1.74. The molecule has 4 nitrogen and oxygen atoms in total. The summed E-state index contributed by atoms with van der Waals surface area (Å²) in [6, 6.07) is 9.86. The summed E-state index contributed by atoms with van der Waals surface area (Å²) in [5, 5.41) is 8.21. The first-order valence-electron chi connectivity index (χ1n) is 5.00. The van der Waals surface area contributed by atoms with Gasteiger partial charge in [0.2, 0.25) is 5.88 Å². The number of pyridine rings is 1. The van der Waals surface area contributed by atoms with Crippen molar-refractivity contribution in [3.63, 3.8) is 0 Å². The maximum atomic E-state index is 7.30. The van der Waals surface area contributed by atoms with E-state index >= 15 is 0 Å². The number of aromatic nitrogens is 1. The van der Waals surface area contributed by atoms with E-state index in [0.717, 1.165) is 0 Å². The van der Waals surface area contributed by atoms with Gasteiger partial charge in [-0.1, -0.05) is 29.3 Å². The number of benzene rings is 1. The van der Waals surface area contributed by atoms with Gasteiger partial charge < -0.3 is 10.5 Å². The number of hydrogen-bond acceptors (Lipinski definition) is 3. The zero-order chi connectivity index (χ0) is 13.1. The summed E-state index contributed by atoms with van der Waals surface area (Å²) < 4.78 is 5.50. The maximum absolute atomic E-state index is 7.30. The molecule has 0 radical (unpaired) electrons. The van der Waals surface area contributed by atoms with E-state index in [4.69, 9.17) is 39.1 Å². The molecule has 1 aromatic heterocycles. The van der Waals surface area contributed by atoms with E-state index in [0.29, 0.717) is 27.4 Å². The van der Waals surface area contributed by atoms with Crippen LogP contribution in [0.3, 0.4) is 0 Å². The normalized spacial score (nSPS) is 10.1. The Morgan fingerprint density at radius 3 is 2.67 bits per heavy atom. The van der Waals surface area contributed by atoms with Crippen LogP contribution in [0.5, 0.6) is 11.6 Å². The average Bonchev–Trinajstić information content (AvgIpc) is 2.33. The van der Waals surface area contributed by atoms with E-state index in [2.05, 4.69) is 4.98 Å². The quantitative estimate of drug-likeness (QED) is 0.668. The van der Waals surface area contributed by atoms with Gasteiger partial charge in [0.25, 0.3) is 0 Å². The Balaban J connectivity index is 2.28. The van der Waals surface area contributed by atoms with Crippen molar-refractivity contribution in [2.24, 2.45) is 5.73 Å². The van der Waals surface area contributed by atoms with Crippen LogP contribution in [0.1, 0.15) is 5.69 Å². The molecule has 0 saturated carbocycles. The first kappa shape index (κ1) is 12.7. The highest BCUT2D eigenvalue weighted by Crippen LogP contribution is 2.30. The Kier molecular flexibility index (Phi) is 3.69. The van der Waals surface area contributed by atoms with Gasteiger partial charge in [0, 0.05) is 11.1 Å². The molecule has 0 unspecified atom stereocenters. The Labute approximate surface area is 114 Å². The van der Waals surface area contributed by atoms with E-state index in [-0.39, 0.29) is 5.84 Å². The number of nitrogens with one attached hydrogen (secondary N) is 1. The highest BCUT2D eigenvalue weighted by atomic mass is 35.5. The predicted molar refractivity (Wildman–Crippen MR) is 71.8 cm³/mol. The second kappa shape index (κ2) is 5.25. The van der Waals surface area contributed by atoms with Gasteiger partial charge in [0.1, 0.15) is 17.3 Å². The molecule has 6 heteroatoms. The number of rotatable bonds is 3. The minimum absolute atomic E-state index is 0.123. The molecule has 0 amide bonds. The van der Waals surface area contributed by atoms with E-state index in [1.165, 1.54) is 0 Å². The van der Waals surface area contributed by atoms with Crippen molar-refractivity contribution in [3.05, 3.63) is 52.1 Å². The molecular formula is C12H9Cl2N3O. The Hall–Kier alpha value is -1.78. The van der Waals surface area contributed by atoms with Crippen molar-refractivity contribution < 1.29 is 4.74 Å². The fourth-order valence-electron chi connectivity index (χ4n) is 1.29. The van der Waals surface area contributed by atoms with Crippen molar-refractivity contribution >= 4 is 29.0 Å². The number of amidine groups is 1. The van der Waals surface area contributed by atoms with Crippen LogP contribution >= 0.6 is 23.2 Å². The number of ether oxygens (including phenoxy) is 1. The second-order valence-corrected chi connectivity index (χ2v) is 4.30. The van der Waals surface area contributed by atoms with Crippen LogP contribution in [-0.2, 0) is 0 Å². The van der Waals surface area contributed by atoms with Crippen LogP contribution in [0.2, 0.25) is 10.0 Å². The minimum atomic E-state index is -0.123. The minimum Gasteiger partial charge on any atom is -0.437 e. The molecule has 0 aliphatic rings. The molecule has 0 atom stereocenters. The molecule has 3 N–H and O–H groups in total. The first-order valence-corrected chi connectivity index (χ1v) is 5.76. The monoisotopic (exact) mass is 281 g/mol. The number of hydrogen-bond donors (Lipinski definition) is 2. The molecule has 0 bridgehead atoms. The number of halogens is 2. The third-order valence-electron chi connectivity index (χ3n) is 2.11. The summed E-state index contributed by atoms with van der Waals surface area (Å²) in [6.07, 6.45) is 0. The lowest BCUT2D eigenvalue weighted by molar-refractivity contribution is 0.463. The van der Waals surface area contributed by atoms with Crippen molar-refractivity contribution in [1.82, 2.24) is 4.98 Å². The van der Waals surface area contributed by atoms with E-state index in [1.807, 2.05) is 0 Å². The fraction of sp³-hybridized carbons (Fsp3) is 0. The van der Waals surface area contributed by atoms with Gasteiger partial charge in [-0.2, -0.15) is 0 Å². The second-order valence-electron chi connectivity index (χ2n) is 3.45. The third kappa shape index (κ3) is 2.91. The van der Waals surface area contributed by atoms with Crippen LogP contribution in [0, 0.1) is 5.41 Å². The molecular weight excluding hydrogens is 273 g/mol. The maximum Gasteiger partial charge on any atom is 0.219 e. The predicted octanol–water partition coefficient (Wildman–Crippen LogP) is 3.46. The van der Waals surface area contributed by atoms with Gasteiger partial charge in [0.15, 0.2) is 0 Å². The van der Waals surface area contributed by atoms with Gasteiger partial charge in [-0.15, -0.1) is 0 Å². The molecule has 0 aliphatic heterocycles. The zero-order valence-corrected chi connectivity index (χ0v) is 10.7. The van der Waals surface area contributed by atoms with Crippen molar-refractivity contribution in [2.45, 2.75) is 0 Å². The first-order chi connectivity index (χ1) is 8.56. The van der Waals surface area contributed by atoms with E-state index < -0.39 is 0 Å². The third-order valence-corrected chi connectivity index (χ3v) is 2.64. The number of nitrogens with two attached hydrogens (primary N) is 1. The summed E-state index contributed by atoms with van der Waals surface area (Å²) >= 11 is 11.8. The van der Waals surface area contributed by atoms with Gasteiger partial charge in [-0.05, 0) is 24.3 Å². The average molecular weight is 282 g/mol. The zero-order valence-electron chi connectivity index (χ0n) is 9.15. The van der Waals surface area contributed by atoms with Crippen LogP contribution in [0.25, 0.3) is 0 Å².